The number of hydrogen-bond donors (Lipinski definition) is 0. The van der Waals surface area contributed by atoms with E-state index in [1.54, 1.807) is 6.07 Å². The summed E-state index contributed by atoms with van der Waals surface area (Å²) in [4.78, 5) is 11.3. The average molecular weight is 274 g/mol. The van der Waals surface area contributed by atoms with Crippen LogP contribution in [0.4, 0.5) is 4.39 Å². The minimum atomic E-state index is -0.701. The van der Waals surface area contributed by atoms with Gasteiger partial charge in [-0.2, -0.15) is 0 Å². The van der Waals surface area contributed by atoms with Gasteiger partial charge in [0.2, 0.25) is 0 Å². The average Bonchev–Trinajstić information content (AvgIpc) is 2.46. The fourth-order valence-corrected chi connectivity index (χ4v) is 1.71. The number of carbonyl (C=O) groups is 1. The molecule has 0 amide bonds. The van der Waals surface area contributed by atoms with Crippen LogP contribution in [0.15, 0.2) is 42.5 Å². The van der Waals surface area contributed by atoms with Crippen LogP contribution in [0.1, 0.15) is 21.5 Å². The molecule has 2 aromatic rings. The van der Waals surface area contributed by atoms with Gasteiger partial charge in [-0.05, 0) is 24.6 Å². The maximum Gasteiger partial charge on any atom is 0.340 e. The van der Waals surface area contributed by atoms with Crippen molar-refractivity contribution in [3.05, 3.63) is 65.0 Å². The maximum atomic E-state index is 13.7. The number of methoxy groups -OCH3 is 1. The Morgan fingerprint density at radius 2 is 1.85 bits per heavy atom. The maximum absolute atomic E-state index is 13.7. The molecule has 0 aliphatic rings. The molecule has 0 aromatic heterocycles. The summed E-state index contributed by atoms with van der Waals surface area (Å²) in [6.07, 6.45) is 0. The number of aryl methyl sites for hydroxylation is 1. The first-order valence-electron chi connectivity index (χ1n) is 6.16. The SMILES string of the molecule is COC(=O)c1ccc(OCc2ccc(C)cc2)cc1F. The highest BCUT2D eigenvalue weighted by molar-refractivity contribution is 5.89. The van der Waals surface area contributed by atoms with Crippen LogP contribution < -0.4 is 4.74 Å². The molecule has 0 bridgehead atoms. The lowest BCUT2D eigenvalue weighted by molar-refractivity contribution is 0.0595. The highest BCUT2D eigenvalue weighted by Crippen LogP contribution is 2.18. The van der Waals surface area contributed by atoms with E-state index in [1.807, 2.05) is 31.2 Å². The van der Waals surface area contributed by atoms with Gasteiger partial charge >= 0.3 is 5.97 Å². The number of esters is 1. The molecule has 0 radical (unpaired) electrons. The minimum absolute atomic E-state index is 0.102. The van der Waals surface area contributed by atoms with Crippen molar-refractivity contribution in [2.45, 2.75) is 13.5 Å². The van der Waals surface area contributed by atoms with Crippen molar-refractivity contribution in [2.75, 3.05) is 7.11 Å². The molecule has 0 spiro atoms. The molecule has 0 N–H and O–H groups in total. The highest BCUT2D eigenvalue weighted by atomic mass is 19.1. The lowest BCUT2D eigenvalue weighted by atomic mass is 10.2. The zero-order valence-electron chi connectivity index (χ0n) is 11.4. The number of carbonyl (C=O) groups excluding carboxylic acids is 1. The van der Waals surface area contributed by atoms with Crippen molar-refractivity contribution in [1.29, 1.82) is 0 Å². The number of hydrogen-bond acceptors (Lipinski definition) is 3. The van der Waals surface area contributed by atoms with Crippen LogP contribution in [0.5, 0.6) is 5.75 Å². The molecule has 0 heterocycles. The van der Waals surface area contributed by atoms with Gasteiger partial charge < -0.3 is 9.47 Å². The van der Waals surface area contributed by atoms with Gasteiger partial charge in [-0.25, -0.2) is 9.18 Å². The Kier molecular flexibility index (Phi) is 4.35. The molecular weight excluding hydrogens is 259 g/mol. The molecule has 2 rings (SSSR count). The summed E-state index contributed by atoms with van der Waals surface area (Å²) in [6.45, 7) is 2.35. The van der Waals surface area contributed by atoms with E-state index in [-0.39, 0.29) is 5.56 Å². The van der Waals surface area contributed by atoms with E-state index in [9.17, 15) is 9.18 Å². The van der Waals surface area contributed by atoms with Crippen molar-refractivity contribution >= 4 is 5.97 Å². The van der Waals surface area contributed by atoms with E-state index in [2.05, 4.69) is 4.74 Å². The van der Waals surface area contributed by atoms with Gasteiger partial charge in [-0.1, -0.05) is 29.8 Å². The molecule has 0 unspecified atom stereocenters. The van der Waals surface area contributed by atoms with Crippen molar-refractivity contribution < 1.29 is 18.7 Å². The fraction of sp³-hybridized carbons (Fsp3) is 0.188. The zero-order chi connectivity index (χ0) is 14.5. The van der Waals surface area contributed by atoms with Crippen LogP contribution >= 0.6 is 0 Å². The third kappa shape index (κ3) is 3.35. The van der Waals surface area contributed by atoms with Crippen LogP contribution in [-0.2, 0) is 11.3 Å². The van der Waals surface area contributed by atoms with Gasteiger partial charge in [0.25, 0.3) is 0 Å². The van der Waals surface area contributed by atoms with E-state index >= 15 is 0 Å². The van der Waals surface area contributed by atoms with Crippen molar-refractivity contribution in [3.8, 4) is 5.75 Å². The molecule has 4 heteroatoms. The lowest BCUT2D eigenvalue weighted by Gasteiger charge is -2.08. The summed E-state index contributed by atoms with van der Waals surface area (Å²) in [5.74, 6) is -0.985. The molecule has 20 heavy (non-hydrogen) atoms. The molecule has 0 saturated heterocycles. The predicted molar refractivity (Wildman–Crippen MR) is 73.3 cm³/mol. The Bertz CT molecular complexity index is 606. The topological polar surface area (TPSA) is 35.5 Å². The highest BCUT2D eigenvalue weighted by Gasteiger charge is 2.12. The van der Waals surface area contributed by atoms with Gasteiger partial charge in [0, 0.05) is 6.07 Å². The first-order valence-corrected chi connectivity index (χ1v) is 6.16. The Balaban J connectivity index is 2.05. The van der Waals surface area contributed by atoms with Gasteiger partial charge in [-0.3, -0.25) is 0 Å². The van der Waals surface area contributed by atoms with Gasteiger partial charge in [-0.15, -0.1) is 0 Å². The van der Waals surface area contributed by atoms with E-state index in [0.29, 0.717) is 12.4 Å². The van der Waals surface area contributed by atoms with Gasteiger partial charge in [0.1, 0.15) is 18.2 Å². The number of benzene rings is 2. The minimum Gasteiger partial charge on any atom is -0.489 e. The van der Waals surface area contributed by atoms with Crippen LogP contribution in [0, 0.1) is 12.7 Å². The first kappa shape index (κ1) is 14.1. The van der Waals surface area contributed by atoms with Crippen LogP contribution in [0.25, 0.3) is 0 Å². The predicted octanol–water partition coefficient (Wildman–Crippen LogP) is 3.50. The molecule has 0 aliphatic carbocycles. The normalized spacial score (nSPS) is 10.2. The Labute approximate surface area is 117 Å². The summed E-state index contributed by atoms with van der Waals surface area (Å²) in [5, 5.41) is 0. The molecule has 0 fully saturated rings. The smallest absolute Gasteiger partial charge is 0.340 e. The number of ether oxygens (including phenoxy) is 2. The second-order valence-corrected chi connectivity index (χ2v) is 4.41. The second-order valence-electron chi connectivity index (χ2n) is 4.41. The Hall–Kier alpha value is -2.36. The summed E-state index contributed by atoms with van der Waals surface area (Å²) in [5.41, 5.74) is 2.06. The van der Waals surface area contributed by atoms with Crippen molar-refractivity contribution in [3.63, 3.8) is 0 Å². The molecule has 0 atom stereocenters. The summed E-state index contributed by atoms with van der Waals surface area (Å²) >= 11 is 0. The number of rotatable bonds is 4. The monoisotopic (exact) mass is 274 g/mol. The molecule has 2 aromatic carbocycles. The number of halogens is 1. The van der Waals surface area contributed by atoms with Gasteiger partial charge in [0.05, 0.1) is 12.7 Å². The van der Waals surface area contributed by atoms with E-state index in [0.717, 1.165) is 5.56 Å². The fourth-order valence-electron chi connectivity index (χ4n) is 1.71. The molecule has 104 valence electrons. The quantitative estimate of drug-likeness (QED) is 0.800. The Morgan fingerprint density at radius 3 is 2.45 bits per heavy atom. The zero-order valence-corrected chi connectivity index (χ0v) is 11.4. The van der Waals surface area contributed by atoms with E-state index < -0.39 is 11.8 Å². The van der Waals surface area contributed by atoms with Crippen molar-refractivity contribution in [2.24, 2.45) is 0 Å². The largest absolute Gasteiger partial charge is 0.489 e. The van der Waals surface area contributed by atoms with Crippen molar-refractivity contribution in [1.82, 2.24) is 0 Å². The molecule has 0 aliphatic heterocycles. The van der Waals surface area contributed by atoms with Gasteiger partial charge in [0.15, 0.2) is 0 Å². The third-order valence-corrected chi connectivity index (χ3v) is 2.87. The second kappa shape index (κ2) is 6.19. The van der Waals surface area contributed by atoms with Crippen LogP contribution in [-0.4, -0.2) is 13.1 Å². The first-order chi connectivity index (χ1) is 9.60. The molecular formula is C16H15FO3. The third-order valence-electron chi connectivity index (χ3n) is 2.87. The summed E-state index contributed by atoms with van der Waals surface area (Å²) in [6, 6.07) is 12.0. The van der Waals surface area contributed by atoms with Crippen LogP contribution in [0.2, 0.25) is 0 Å². The standard InChI is InChI=1S/C16H15FO3/c1-11-3-5-12(6-4-11)10-20-13-7-8-14(15(17)9-13)16(18)19-2/h3-9H,10H2,1-2H3. The van der Waals surface area contributed by atoms with Crippen LogP contribution in [0.3, 0.4) is 0 Å². The molecule has 3 nitrogen and oxygen atoms in total. The van der Waals surface area contributed by atoms with E-state index in [1.165, 1.54) is 24.8 Å². The van der Waals surface area contributed by atoms with E-state index in [4.69, 9.17) is 4.74 Å². The Morgan fingerprint density at radius 1 is 1.15 bits per heavy atom. The summed E-state index contributed by atoms with van der Waals surface area (Å²) < 4.78 is 23.7. The summed E-state index contributed by atoms with van der Waals surface area (Å²) in [7, 11) is 1.21. The molecule has 0 saturated carbocycles. The lowest BCUT2D eigenvalue weighted by Crippen LogP contribution is -2.05.